The lowest BCUT2D eigenvalue weighted by molar-refractivity contribution is 0.587. The Morgan fingerprint density at radius 1 is 1.11 bits per heavy atom. The molecule has 3 heteroatoms. The van der Waals surface area contributed by atoms with E-state index in [1.807, 2.05) is 0 Å². The van der Waals surface area contributed by atoms with E-state index in [1.165, 1.54) is 10.4 Å². The Kier molecular flexibility index (Phi) is 4.89. The van der Waals surface area contributed by atoms with Crippen molar-refractivity contribution in [1.29, 1.82) is 0 Å². The van der Waals surface area contributed by atoms with Crippen LogP contribution in [0.5, 0.6) is 0 Å². The molecule has 0 aliphatic heterocycles. The summed E-state index contributed by atoms with van der Waals surface area (Å²) in [5, 5.41) is 2.22. The smallest absolute Gasteiger partial charge is 0.0954 e. The van der Waals surface area contributed by atoms with Gasteiger partial charge in [-0.05, 0) is 43.6 Å². The van der Waals surface area contributed by atoms with E-state index in [1.54, 1.807) is 11.3 Å². The van der Waals surface area contributed by atoms with Crippen molar-refractivity contribution in [3.63, 3.8) is 0 Å². The molecule has 0 saturated heterocycles. The summed E-state index contributed by atoms with van der Waals surface area (Å²) in [4.78, 5) is 10.1. The van der Waals surface area contributed by atoms with E-state index in [2.05, 4.69) is 69.8 Å². The van der Waals surface area contributed by atoms with Crippen LogP contribution < -0.4 is 0 Å². The molecular weight excluding hydrogens is 240 g/mol. The van der Waals surface area contributed by atoms with Crippen molar-refractivity contribution in [3.05, 3.63) is 15.8 Å². The van der Waals surface area contributed by atoms with Crippen molar-refractivity contribution in [2.45, 2.75) is 65.8 Å². The van der Waals surface area contributed by atoms with Crippen LogP contribution in [0.15, 0.2) is 15.4 Å². The zero-order valence-electron chi connectivity index (χ0n) is 12.5. The molecule has 0 radical (unpaired) electrons. The third-order valence-electron chi connectivity index (χ3n) is 2.51. The standard InChI is InChI=1S/C15H24N2S/c1-10(2)12-8-18-14(11(3)4)13(12)16-9-17-15(5,6)7/h8,10-11H,1-7H3. The summed E-state index contributed by atoms with van der Waals surface area (Å²) in [6.07, 6.45) is 0. The van der Waals surface area contributed by atoms with Crippen molar-refractivity contribution in [3.8, 4) is 0 Å². The van der Waals surface area contributed by atoms with Crippen LogP contribution in [0.2, 0.25) is 0 Å². The average molecular weight is 264 g/mol. The maximum absolute atomic E-state index is 4.49. The van der Waals surface area contributed by atoms with Gasteiger partial charge in [-0.1, -0.05) is 27.7 Å². The summed E-state index contributed by atoms with van der Waals surface area (Å²) >= 11 is 1.80. The molecule has 1 rings (SSSR count). The topological polar surface area (TPSA) is 24.7 Å². The van der Waals surface area contributed by atoms with E-state index < -0.39 is 0 Å². The Balaban J connectivity index is 3.20. The van der Waals surface area contributed by atoms with Gasteiger partial charge in [0.25, 0.3) is 0 Å². The molecule has 0 unspecified atom stereocenters. The third-order valence-corrected chi connectivity index (χ3v) is 3.80. The van der Waals surface area contributed by atoms with E-state index >= 15 is 0 Å². The molecule has 1 aromatic heterocycles. The Labute approximate surface area is 115 Å². The molecule has 1 aromatic rings. The van der Waals surface area contributed by atoms with Crippen LogP contribution in [0.1, 0.15) is 70.7 Å². The largest absolute Gasteiger partial charge is 0.219 e. The average Bonchev–Trinajstić information content (AvgIpc) is 2.59. The molecule has 100 valence electrons. The van der Waals surface area contributed by atoms with Gasteiger partial charge in [-0.2, -0.15) is 4.99 Å². The summed E-state index contributed by atoms with van der Waals surface area (Å²) in [5.41, 5.74) is 2.27. The SMILES string of the molecule is CC(C)c1csc(C(C)C)c1N=C=NC(C)(C)C. The molecule has 1 heterocycles. The number of thiophene rings is 1. The lowest BCUT2D eigenvalue weighted by atomic mass is 10.0. The summed E-state index contributed by atoms with van der Waals surface area (Å²) < 4.78 is 0. The molecule has 0 spiro atoms. The minimum absolute atomic E-state index is 0.116. The molecule has 0 bridgehead atoms. The highest BCUT2D eigenvalue weighted by atomic mass is 32.1. The van der Waals surface area contributed by atoms with E-state index in [-0.39, 0.29) is 5.54 Å². The second kappa shape index (κ2) is 5.81. The van der Waals surface area contributed by atoms with Crippen molar-refractivity contribution < 1.29 is 0 Å². The molecule has 0 saturated carbocycles. The van der Waals surface area contributed by atoms with Crippen LogP contribution in [0.25, 0.3) is 0 Å². The number of hydrogen-bond donors (Lipinski definition) is 0. The molecule has 2 nitrogen and oxygen atoms in total. The van der Waals surface area contributed by atoms with Crippen LogP contribution in [0.3, 0.4) is 0 Å². The summed E-state index contributed by atoms with van der Waals surface area (Å²) in [6.45, 7) is 15.0. The van der Waals surface area contributed by atoms with Crippen molar-refractivity contribution >= 4 is 23.0 Å². The van der Waals surface area contributed by atoms with Crippen molar-refractivity contribution in [2.75, 3.05) is 0 Å². The molecule has 18 heavy (non-hydrogen) atoms. The first kappa shape index (κ1) is 15.1. The third kappa shape index (κ3) is 4.08. The molecule has 0 aliphatic carbocycles. The predicted octanol–water partition coefficient (Wildman–Crippen LogP) is 5.60. The van der Waals surface area contributed by atoms with Gasteiger partial charge >= 0.3 is 0 Å². The number of nitrogens with zero attached hydrogens (tertiary/aromatic N) is 2. The minimum atomic E-state index is -0.116. The lowest BCUT2D eigenvalue weighted by Crippen LogP contribution is -2.08. The lowest BCUT2D eigenvalue weighted by Gasteiger charge is -2.08. The molecule has 0 amide bonds. The zero-order chi connectivity index (χ0) is 13.9. The summed E-state index contributed by atoms with van der Waals surface area (Å²) in [5.74, 6) is 0.988. The molecule has 0 N–H and O–H groups in total. The Morgan fingerprint density at radius 2 is 1.72 bits per heavy atom. The highest BCUT2D eigenvalue weighted by Crippen LogP contribution is 2.39. The van der Waals surface area contributed by atoms with Crippen LogP contribution in [0.4, 0.5) is 5.69 Å². The van der Waals surface area contributed by atoms with Gasteiger partial charge in [0.1, 0.15) is 0 Å². The zero-order valence-corrected chi connectivity index (χ0v) is 13.4. The Hall–Kier alpha value is -0.920. The van der Waals surface area contributed by atoms with Crippen molar-refractivity contribution in [1.82, 2.24) is 0 Å². The highest BCUT2D eigenvalue weighted by Gasteiger charge is 2.16. The van der Waals surface area contributed by atoms with Crippen LogP contribution >= 0.6 is 11.3 Å². The van der Waals surface area contributed by atoms with E-state index in [0.717, 1.165) is 5.69 Å². The van der Waals surface area contributed by atoms with E-state index in [0.29, 0.717) is 11.8 Å². The van der Waals surface area contributed by atoms with Crippen LogP contribution in [-0.4, -0.2) is 11.5 Å². The second-order valence-electron chi connectivity index (χ2n) is 6.21. The van der Waals surface area contributed by atoms with Gasteiger partial charge in [0.2, 0.25) is 0 Å². The fourth-order valence-corrected chi connectivity index (χ4v) is 2.73. The van der Waals surface area contributed by atoms with Gasteiger partial charge in [-0.15, -0.1) is 11.3 Å². The maximum Gasteiger partial charge on any atom is 0.0954 e. The van der Waals surface area contributed by atoms with Crippen LogP contribution in [-0.2, 0) is 0 Å². The minimum Gasteiger partial charge on any atom is -0.219 e. The highest BCUT2D eigenvalue weighted by molar-refractivity contribution is 7.10. The quantitative estimate of drug-likeness (QED) is 0.635. The molecule has 0 fully saturated rings. The van der Waals surface area contributed by atoms with Gasteiger partial charge in [-0.25, -0.2) is 4.99 Å². The van der Waals surface area contributed by atoms with Gasteiger partial charge in [0, 0.05) is 4.88 Å². The van der Waals surface area contributed by atoms with Gasteiger partial charge in [0.05, 0.1) is 17.2 Å². The van der Waals surface area contributed by atoms with E-state index in [9.17, 15) is 0 Å². The number of rotatable bonds is 3. The summed E-state index contributed by atoms with van der Waals surface area (Å²) in [6, 6.07) is 2.87. The first-order chi connectivity index (χ1) is 8.22. The molecule has 0 aliphatic rings. The predicted molar refractivity (Wildman–Crippen MR) is 81.8 cm³/mol. The Bertz CT molecular complexity index is 430. The normalized spacial score (nSPS) is 11.8. The fourth-order valence-electron chi connectivity index (χ4n) is 1.54. The Morgan fingerprint density at radius 3 is 2.17 bits per heavy atom. The molecular formula is C15H24N2S. The van der Waals surface area contributed by atoms with Crippen molar-refractivity contribution in [2.24, 2.45) is 9.98 Å². The first-order valence-corrected chi connectivity index (χ1v) is 7.39. The van der Waals surface area contributed by atoms with Crippen LogP contribution in [0, 0.1) is 0 Å². The van der Waals surface area contributed by atoms with Gasteiger partial charge < -0.3 is 0 Å². The second-order valence-corrected chi connectivity index (χ2v) is 7.12. The maximum atomic E-state index is 4.49. The molecule has 0 aromatic carbocycles. The monoisotopic (exact) mass is 264 g/mol. The van der Waals surface area contributed by atoms with Gasteiger partial charge in [-0.3, -0.25) is 0 Å². The van der Waals surface area contributed by atoms with E-state index in [4.69, 9.17) is 0 Å². The summed E-state index contributed by atoms with van der Waals surface area (Å²) in [7, 11) is 0. The fraction of sp³-hybridized carbons (Fsp3) is 0.667. The first-order valence-electron chi connectivity index (χ1n) is 6.51. The number of hydrogen-bond acceptors (Lipinski definition) is 3. The van der Waals surface area contributed by atoms with Gasteiger partial charge in [0.15, 0.2) is 0 Å². The molecule has 0 atom stereocenters. The number of aliphatic imine (C=N–C) groups is 2.